The van der Waals surface area contributed by atoms with E-state index in [1.54, 1.807) is 0 Å². The van der Waals surface area contributed by atoms with Gasteiger partial charge in [-0.3, -0.25) is 4.99 Å². The van der Waals surface area contributed by atoms with Crippen LogP contribution in [-0.2, 0) is 0 Å². The van der Waals surface area contributed by atoms with Gasteiger partial charge in [-0.25, -0.2) is 0 Å². The number of benzene rings is 2. The Kier molecular flexibility index (Phi) is 6.01. The monoisotopic (exact) mass is 281 g/mol. The zero-order valence-corrected chi connectivity index (χ0v) is 12.9. The van der Waals surface area contributed by atoms with E-state index in [-0.39, 0.29) is 0 Å². The van der Waals surface area contributed by atoms with Crippen molar-refractivity contribution in [1.82, 2.24) is 0 Å². The number of unbranched alkanes of at least 4 members (excludes halogenated alkanes) is 1. The van der Waals surface area contributed by atoms with Crippen LogP contribution in [0.25, 0.3) is 0 Å². The maximum absolute atomic E-state index is 5.81. The Morgan fingerprint density at radius 1 is 0.905 bits per heavy atom. The van der Waals surface area contributed by atoms with E-state index in [1.807, 2.05) is 42.5 Å². The molecule has 0 radical (unpaired) electrons. The Morgan fingerprint density at radius 3 is 2.19 bits per heavy atom. The van der Waals surface area contributed by atoms with Gasteiger partial charge in [-0.1, -0.05) is 31.5 Å². The third-order valence-electron chi connectivity index (χ3n) is 3.28. The van der Waals surface area contributed by atoms with Gasteiger partial charge in [-0.15, -0.1) is 0 Å². The van der Waals surface area contributed by atoms with Crippen LogP contribution in [-0.4, -0.2) is 12.3 Å². The first kappa shape index (κ1) is 15.3. The number of para-hydroxylation sites is 1. The average Bonchev–Trinajstić information content (AvgIpc) is 2.53. The second-order valence-electron chi connectivity index (χ2n) is 4.96. The summed E-state index contributed by atoms with van der Waals surface area (Å²) in [6.45, 7) is 5.13. The number of hydrogen-bond donors (Lipinski definition) is 0. The highest BCUT2D eigenvalue weighted by molar-refractivity contribution is 6.00. The molecule has 2 heteroatoms. The highest BCUT2D eigenvalue weighted by atomic mass is 16.5. The molecule has 2 aromatic rings. The molecule has 2 aromatic carbocycles. The smallest absolute Gasteiger partial charge is 0.127 e. The van der Waals surface area contributed by atoms with Gasteiger partial charge in [-0.05, 0) is 61.7 Å². The standard InChI is InChI=1S/C19H23NO/c1-3-5-11-19(20-4-2)16-12-14-18(15-13-16)21-17-9-7-6-8-10-17/h6-10,12-15H,3-5,11H2,1-2H3/b20-19+. The van der Waals surface area contributed by atoms with Crippen molar-refractivity contribution in [3.63, 3.8) is 0 Å². The van der Waals surface area contributed by atoms with Crippen molar-refractivity contribution in [3.05, 3.63) is 60.2 Å². The van der Waals surface area contributed by atoms with Crippen LogP contribution in [0.4, 0.5) is 0 Å². The molecule has 0 amide bonds. The molecule has 0 saturated carbocycles. The third-order valence-corrected chi connectivity index (χ3v) is 3.28. The van der Waals surface area contributed by atoms with Crippen LogP contribution in [0.5, 0.6) is 11.5 Å². The summed E-state index contributed by atoms with van der Waals surface area (Å²) in [5.74, 6) is 1.72. The van der Waals surface area contributed by atoms with Gasteiger partial charge < -0.3 is 4.74 Å². The Balaban J connectivity index is 2.08. The van der Waals surface area contributed by atoms with Crippen LogP contribution in [0.1, 0.15) is 38.7 Å². The first-order chi connectivity index (χ1) is 10.3. The second kappa shape index (κ2) is 8.25. The molecule has 0 atom stereocenters. The molecule has 0 N–H and O–H groups in total. The largest absolute Gasteiger partial charge is 0.457 e. The first-order valence-electron chi connectivity index (χ1n) is 7.70. The lowest BCUT2D eigenvalue weighted by Crippen LogP contribution is -2.01. The van der Waals surface area contributed by atoms with Gasteiger partial charge in [0.05, 0.1) is 0 Å². The van der Waals surface area contributed by atoms with Crippen molar-refractivity contribution in [3.8, 4) is 11.5 Å². The van der Waals surface area contributed by atoms with E-state index in [9.17, 15) is 0 Å². The fourth-order valence-corrected chi connectivity index (χ4v) is 2.19. The van der Waals surface area contributed by atoms with Crippen molar-refractivity contribution in [2.24, 2.45) is 4.99 Å². The molecule has 0 aliphatic rings. The zero-order chi connectivity index (χ0) is 14.9. The summed E-state index contributed by atoms with van der Waals surface area (Å²) in [6, 6.07) is 18.1. The predicted molar refractivity (Wildman–Crippen MR) is 89.6 cm³/mol. The molecular formula is C19H23NO. The van der Waals surface area contributed by atoms with Gasteiger partial charge in [0, 0.05) is 12.3 Å². The van der Waals surface area contributed by atoms with Gasteiger partial charge >= 0.3 is 0 Å². The van der Waals surface area contributed by atoms with Gasteiger partial charge in [0.25, 0.3) is 0 Å². The Labute approximate surface area is 127 Å². The van der Waals surface area contributed by atoms with E-state index in [1.165, 1.54) is 24.1 Å². The van der Waals surface area contributed by atoms with Crippen LogP contribution in [0, 0.1) is 0 Å². The molecule has 21 heavy (non-hydrogen) atoms. The highest BCUT2D eigenvalue weighted by Crippen LogP contribution is 2.22. The lowest BCUT2D eigenvalue weighted by molar-refractivity contribution is 0.482. The maximum Gasteiger partial charge on any atom is 0.127 e. The molecule has 0 unspecified atom stereocenters. The highest BCUT2D eigenvalue weighted by Gasteiger charge is 2.04. The third kappa shape index (κ3) is 4.75. The molecule has 0 spiro atoms. The van der Waals surface area contributed by atoms with E-state index in [0.717, 1.165) is 24.5 Å². The van der Waals surface area contributed by atoms with Crippen molar-refractivity contribution in [2.45, 2.75) is 33.1 Å². The quantitative estimate of drug-likeness (QED) is 0.616. The minimum absolute atomic E-state index is 0.835. The summed E-state index contributed by atoms with van der Waals surface area (Å²) in [5.41, 5.74) is 2.40. The molecule has 0 bridgehead atoms. The molecule has 0 aromatic heterocycles. The van der Waals surface area contributed by atoms with Gasteiger partial charge in [0.2, 0.25) is 0 Å². The molecule has 0 fully saturated rings. The van der Waals surface area contributed by atoms with Crippen LogP contribution >= 0.6 is 0 Å². The van der Waals surface area contributed by atoms with Crippen molar-refractivity contribution >= 4 is 5.71 Å². The van der Waals surface area contributed by atoms with Gasteiger partial charge in [0.1, 0.15) is 11.5 Å². The van der Waals surface area contributed by atoms with Crippen molar-refractivity contribution < 1.29 is 4.74 Å². The lowest BCUT2D eigenvalue weighted by atomic mass is 10.0. The van der Waals surface area contributed by atoms with Gasteiger partial charge in [-0.2, -0.15) is 0 Å². The maximum atomic E-state index is 5.81. The number of rotatable bonds is 7. The van der Waals surface area contributed by atoms with E-state index in [2.05, 4.69) is 31.0 Å². The van der Waals surface area contributed by atoms with Gasteiger partial charge in [0.15, 0.2) is 0 Å². The zero-order valence-electron chi connectivity index (χ0n) is 12.9. The average molecular weight is 281 g/mol. The topological polar surface area (TPSA) is 21.6 Å². The molecule has 2 rings (SSSR count). The lowest BCUT2D eigenvalue weighted by Gasteiger charge is -2.09. The molecule has 0 saturated heterocycles. The first-order valence-corrected chi connectivity index (χ1v) is 7.70. The summed E-state index contributed by atoms with van der Waals surface area (Å²) in [7, 11) is 0. The summed E-state index contributed by atoms with van der Waals surface area (Å²) < 4.78 is 5.81. The Bertz CT molecular complexity index is 558. The molecule has 0 aliphatic carbocycles. The minimum Gasteiger partial charge on any atom is -0.457 e. The predicted octanol–water partition coefficient (Wildman–Crippen LogP) is 5.48. The summed E-state index contributed by atoms with van der Waals surface area (Å²) >= 11 is 0. The fourth-order valence-electron chi connectivity index (χ4n) is 2.19. The van der Waals surface area contributed by atoms with E-state index >= 15 is 0 Å². The van der Waals surface area contributed by atoms with Crippen molar-refractivity contribution in [1.29, 1.82) is 0 Å². The molecule has 110 valence electrons. The van der Waals surface area contributed by atoms with E-state index in [4.69, 9.17) is 4.74 Å². The summed E-state index contributed by atoms with van der Waals surface area (Å²) in [4.78, 5) is 4.62. The molecule has 0 aliphatic heterocycles. The number of hydrogen-bond acceptors (Lipinski definition) is 2. The second-order valence-corrected chi connectivity index (χ2v) is 4.96. The van der Waals surface area contributed by atoms with Crippen molar-refractivity contribution in [2.75, 3.05) is 6.54 Å². The van der Waals surface area contributed by atoms with Crippen LogP contribution in [0.3, 0.4) is 0 Å². The minimum atomic E-state index is 0.835. The summed E-state index contributed by atoms with van der Waals surface area (Å²) in [6.07, 6.45) is 3.42. The fraction of sp³-hybridized carbons (Fsp3) is 0.316. The number of ether oxygens (including phenoxy) is 1. The van der Waals surface area contributed by atoms with E-state index < -0.39 is 0 Å². The normalized spacial score (nSPS) is 11.4. The molecular weight excluding hydrogens is 258 g/mol. The Morgan fingerprint density at radius 2 is 1.57 bits per heavy atom. The molecule has 0 heterocycles. The van der Waals surface area contributed by atoms with E-state index in [0.29, 0.717) is 0 Å². The SMILES string of the molecule is CCCC/C(=N\CC)c1ccc(Oc2ccccc2)cc1. The summed E-state index contributed by atoms with van der Waals surface area (Å²) in [5, 5.41) is 0. The van der Waals surface area contributed by atoms with Crippen LogP contribution in [0.2, 0.25) is 0 Å². The number of aliphatic imine (C=N–C) groups is 1. The number of nitrogens with zero attached hydrogens (tertiary/aromatic N) is 1. The van der Waals surface area contributed by atoms with Crippen LogP contribution < -0.4 is 4.74 Å². The van der Waals surface area contributed by atoms with Crippen LogP contribution in [0.15, 0.2) is 59.6 Å². The Hall–Kier alpha value is -2.09. The molecule has 2 nitrogen and oxygen atoms in total.